The number of hydrogen-bond donors (Lipinski definition) is 0. The zero-order valence-electron chi connectivity index (χ0n) is 22.7. The number of halogens is 3. The summed E-state index contributed by atoms with van der Waals surface area (Å²) in [7, 11) is 0. The SMILES string of the molecule is CCOC(=O)/C(=C/c1cccc(C(F)(F)F)c1)O[C@H]1O[C@@H](COC(C)=O)[C@@H](OC(C)=O)[C@@H](OC(C)=O)[C@@H]1OC(C)=O. The molecule has 226 valence electrons. The zero-order valence-corrected chi connectivity index (χ0v) is 22.7. The van der Waals surface area contributed by atoms with E-state index in [1.807, 2.05) is 0 Å². The van der Waals surface area contributed by atoms with Crippen molar-refractivity contribution in [1.82, 2.24) is 0 Å². The van der Waals surface area contributed by atoms with E-state index >= 15 is 0 Å². The van der Waals surface area contributed by atoms with Gasteiger partial charge in [0.2, 0.25) is 18.2 Å². The van der Waals surface area contributed by atoms with Crippen LogP contribution in [0.3, 0.4) is 0 Å². The van der Waals surface area contributed by atoms with Gasteiger partial charge in [0.1, 0.15) is 12.7 Å². The van der Waals surface area contributed by atoms with E-state index in [1.165, 1.54) is 13.0 Å². The topological polar surface area (TPSA) is 150 Å². The molecule has 1 aliphatic heterocycles. The van der Waals surface area contributed by atoms with Gasteiger partial charge in [0.05, 0.1) is 12.2 Å². The summed E-state index contributed by atoms with van der Waals surface area (Å²) >= 11 is 0. The van der Waals surface area contributed by atoms with Crippen LogP contribution in [0.5, 0.6) is 0 Å². The van der Waals surface area contributed by atoms with Crippen molar-refractivity contribution in [1.29, 1.82) is 0 Å². The summed E-state index contributed by atoms with van der Waals surface area (Å²) in [4.78, 5) is 60.1. The fraction of sp³-hybridized carbons (Fsp3) is 0.500. The highest BCUT2D eigenvalue weighted by Gasteiger charge is 2.53. The van der Waals surface area contributed by atoms with Crippen LogP contribution < -0.4 is 0 Å². The van der Waals surface area contributed by atoms with Crippen LogP contribution in [-0.2, 0) is 63.3 Å². The number of carbonyl (C=O) groups excluding carboxylic acids is 5. The van der Waals surface area contributed by atoms with Gasteiger partial charge in [0.15, 0.2) is 12.2 Å². The van der Waals surface area contributed by atoms with Crippen molar-refractivity contribution >= 4 is 35.9 Å². The van der Waals surface area contributed by atoms with Gasteiger partial charge in [0, 0.05) is 27.7 Å². The smallest absolute Gasteiger partial charge is 0.416 e. The van der Waals surface area contributed by atoms with Gasteiger partial charge in [-0.15, -0.1) is 0 Å². The van der Waals surface area contributed by atoms with Crippen LogP contribution in [0.1, 0.15) is 45.7 Å². The molecule has 0 spiro atoms. The Morgan fingerprint density at radius 3 is 1.95 bits per heavy atom. The number of benzene rings is 1. The molecule has 1 fully saturated rings. The van der Waals surface area contributed by atoms with Crippen LogP contribution >= 0.6 is 0 Å². The highest BCUT2D eigenvalue weighted by atomic mass is 19.4. The predicted molar refractivity (Wildman–Crippen MR) is 129 cm³/mol. The van der Waals surface area contributed by atoms with E-state index in [4.69, 9.17) is 33.2 Å². The van der Waals surface area contributed by atoms with Crippen molar-refractivity contribution in [2.75, 3.05) is 13.2 Å². The zero-order chi connectivity index (χ0) is 30.9. The van der Waals surface area contributed by atoms with E-state index in [2.05, 4.69) is 0 Å². The molecule has 0 bridgehead atoms. The molecule has 1 aliphatic rings. The second-order valence-electron chi connectivity index (χ2n) is 8.54. The average Bonchev–Trinajstić information content (AvgIpc) is 2.85. The quantitative estimate of drug-likeness (QED) is 0.171. The Kier molecular flexibility index (Phi) is 11.7. The summed E-state index contributed by atoms with van der Waals surface area (Å²) in [6.07, 6.45) is -11.7. The monoisotopic (exact) mass is 590 g/mol. The number of rotatable bonds is 10. The fourth-order valence-electron chi connectivity index (χ4n) is 3.71. The molecule has 0 radical (unpaired) electrons. The maximum absolute atomic E-state index is 13.3. The summed E-state index contributed by atoms with van der Waals surface area (Å²) in [5, 5.41) is 0. The van der Waals surface area contributed by atoms with Gasteiger partial charge in [-0.1, -0.05) is 12.1 Å². The van der Waals surface area contributed by atoms with Crippen molar-refractivity contribution in [2.24, 2.45) is 0 Å². The predicted octanol–water partition coefficient (Wildman–Crippen LogP) is 2.71. The molecular weight excluding hydrogens is 561 g/mol. The minimum absolute atomic E-state index is 0.117. The van der Waals surface area contributed by atoms with E-state index in [9.17, 15) is 37.1 Å². The summed E-state index contributed by atoms with van der Waals surface area (Å²) in [6.45, 7) is 4.88. The maximum Gasteiger partial charge on any atom is 0.416 e. The minimum atomic E-state index is -4.69. The Bertz CT molecular complexity index is 1160. The van der Waals surface area contributed by atoms with Crippen LogP contribution in [0.15, 0.2) is 30.0 Å². The van der Waals surface area contributed by atoms with Crippen molar-refractivity contribution < 1.29 is 70.3 Å². The molecule has 0 amide bonds. The maximum atomic E-state index is 13.3. The fourth-order valence-corrected chi connectivity index (χ4v) is 3.71. The number of carbonyl (C=O) groups is 5. The lowest BCUT2D eigenvalue weighted by molar-refractivity contribution is -0.299. The molecule has 41 heavy (non-hydrogen) atoms. The summed E-state index contributed by atoms with van der Waals surface area (Å²) < 4.78 is 77.0. The van der Waals surface area contributed by atoms with Crippen LogP contribution in [0.2, 0.25) is 0 Å². The van der Waals surface area contributed by atoms with E-state index in [0.717, 1.165) is 52.0 Å². The third-order valence-electron chi connectivity index (χ3n) is 5.18. The summed E-state index contributed by atoms with van der Waals surface area (Å²) in [5.41, 5.74) is -1.13. The molecule has 15 heteroatoms. The normalized spacial score (nSPS) is 22.6. The lowest BCUT2D eigenvalue weighted by Crippen LogP contribution is -2.63. The molecular formula is C26H29F3O12. The second kappa shape index (κ2) is 14.5. The van der Waals surface area contributed by atoms with Crippen molar-refractivity contribution in [3.05, 3.63) is 41.2 Å². The first kappa shape index (κ1) is 33.1. The third kappa shape index (κ3) is 10.1. The molecule has 0 aromatic heterocycles. The number of ether oxygens (including phenoxy) is 7. The summed E-state index contributed by atoms with van der Waals surface area (Å²) in [6, 6.07) is 3.92. The highest BCUT2D eigenvalue weighted by Crippen LogP contribution is 2.33. The van der Waals surface area contributed by atoms with Crippen LogP contribution in [0.4, 0.5) is 13.2 Å². The Morgan fingerprint density at radius 1 is 0.829 bits per heavy atom. The molecule has 5 atom stereocenters. The lowest BCUT2D eigenvalue weighted by Gasteiger charge is -2.43. The van der Waals surface area contributed by atoms with E-state index in [-0.39, 0.29) is 12.2 Å². The molecule has 0 saturated carbocycles. The van der Waals surface area contributed by atoms with Gasteiger partial charge in [-0.2, -0.15) is 13.2 Å². The number of alkyl halides is 3. The molecule has 0 unspecified atom stereocenters. The Morgan fingerprint density at radius 2 is 1.41 bits per heavy atom. The molecule has 1 aromatic carbocycles. The molecule has 1 heterocycles. The van der Waals surface area contributed by atoms with Gasteiger partial charge in [-0.25, -0.2) is 4.79 Å². The van der Waals surface area contributed by atoms with Gasteiger partial charge in [0.25, 0.3) is 0 Å². The van der Waals surface area contributed by atoms with Crippen LogP contribution in [-0.4, -0.2) is 73.8 Å². The number of hydrogen-bond acceptors (Lipinski definition) is 12. The van der Waals surface area contributed by atoms with Gasteiger partial charge in [-0.05, 0) is 30.7 Å². The molecule has 0 aliphatic carbocycles. The Hall–Kier alpha value is -4.14. The van der Waals surface area contributed by atoms with Gasteiger partial charge >= 0.3 is 36.0 Å². The van der Waals surface area contributed by atoms with Crippen molar-refractivity contribution in [2.45, 2.75) is 71.5 Å². The second-order valence-corrected chi connectivity index (χ2v) is 8.54. The highest BCUT2D eigenvalue weighted by molar-refractivity contribution is 5.91. The molecule has 2 rings (SSSR count). The molecule has 0 N–H and O–H groups in total. The van der Waals surface area contributed by atoms with Crippen molar-refractivity contribution in [3.8, 4) is 0 Å². The molecule has 12 nitrogen and oxygen atoms in total. The first-order valence-electron chi connectivity index (χ1n) is 12.2. The van der Waals surface area contributed by atoms with Gasteiger partial charge in [-0.3, -0.25) is 19.2 Å². The van der Waals surface area contributed by atoms with E-state index in [1.54, 1.807) is 0 Å². The first-order valence-corrected chi connectivity index (χ1v) is 12.2. The Labute approximate surface area is 232 Å². The Balaban J connectivity index is 2.62. The largest absolute Gasteiger partial charge is 0.463 e. The van der Waals surface area contributed by atoms with Crippen molar-refractivity contribution in [3.63, 3.8) is 0 Å². The van der Waals surface area contributed by atoms with E-state index < -0.39 is 84.7 Å². The van der Waals surface area contributed by atoms with Crippen LogP contribution in [0.25, 0.3) is 6.08 Å². The molecule has 1 aromatic rings. The first-order chi connectivity index (χ1) is 19.1. The number of esters is 5. The standard InChI is InChI=1S/C26H29F3O12/c1-6-35-24(34)19(11-17-8-7-9-18(10-17)26(27,28)29)40-25-23(39-16(5)33)22(38-15(4)32)21(37-14(3)31)20(41-25)12-36-13(2)30/h7-11,20-23,25H,6,12H2,1-5H3/b19-11-/t20-,21+,22+,23-,25-/m0/s1. The van der Waals surface area contributed by atoms with Crippen LogP contribution in [0, 0.1) is 0 Å². The van der Waals surface area contributed by atoms with Gasteiger partial charge < -0.3 is 33.2 Å². The average molecular weight is 591 g/mol. The minimum Gasteiger partial charge on any atom is -0.463 e. The lowest BCUT2D eigenvalue weighted by atomic mass is 9.98. The molecule has 1 saturated heterocycles. The van der Waals surface area contributed by atoms with E-state index in [0.29, 0.717) is 0 Å². The summed E-state index contributed by atoms with van der Waals surface area (Å²) in [5.74, 6) is -5.24. The third-order valence-corrected chi connectivity index (χ3v) is 5.18.